The predicted molar refractivity (Wildman–Crippen MR) is 64.4 cm³/mol. The van der Waals surface area contributed by atoms with Crippen LogP contribution in [0.2, 0.25) is 0 Å². The van der Waals surface area contributed by atoms with Gasteiger partial charge in [-0.1, -0.05) is 19.3 Å². The molecule has 0 radical (unpaired) electrons. The Labute approximate surface area is 97.2 Å². The molecule has 2 heterocycles. The molecule has 1 aromatic heterocycles. The number of hydrogen-bond acceptors (Lipinski definition) is 2. The topological polar surface area (TPSA) is 29.9 Å². The van der Waals surface area contributed by atoms with Gasteiger partial charge >= 0.3 is 0 Å². The predicted octanol–water partition coefficient (Wildman–Crippen LogP) is 2.15. The van der Waals surface area contributed by atoms with E-state index < -0.39 is 0 Å². The largest absolute Gasteiger partial charge is 0.316 e. The van der Waals surface area contributed by atoms with E-state index in [1.165, 1.54) is 50.9 Å². The van der Waals surface area contributed by atoms with Gasteiger partial charge in [0, 0.05) is 6.20 Å². The third-order valence-electron chi connectivity index (χ3n) is 3.98. The molecule has 1 aliphatic carbocycles. The molecule has 1 N–H and O–H groups in total. The summed E-state index contributed by atoms with van der Waals surface area (Å²) in [6, 6.07) is 2.90. The van der Waals surface area contributed by atoms with Gasteiger partial charge in [0.25, 0.3) is 0 Å². The summed E-state index contributed by atoms with van der Waals surface area (Å²) in [5, 5.41) is 8.06. The Hall–Kier alpha value is -0.830. The normalized spacial score (nSPS) is 23.2. The minimum absolute atomic E-state index is 0.682. The van der Waals surface area contributed by atoms with Gasteiger partial charge < -0.3 is 5.32 Å². The Morgan fingerprint density at radius 2 is 2.06 bits per heavy atom. The Balaban J connectivity index is 1.61. The number of nitrogens with one attached hydrogen (secondary N) is 1. The average molecular weight is 219 g/mol. The number of rotatable bonds is 3. The number of hydrogen-bond donors (Lipinski definition) is 1. The highest BCUT2D eigenvalue weighted by atomic mass is 15.3. The first-order valence-electron chi connectivity index (χ1n) is 6.66. The summed E-state index contributed by atoms with van der Waals surface area (Å²) in [6.07, 6.45) is 10.2. The van der Waals surface area contributed by atoms with Gasteiger partial charge in [-0.25, -0.2) is 0 Å². The van der Waals surface area contributed by atoms with Crippen molar-refractivity contribution in [1.82, 2.24) is 15.1 Å². The molecule has 3 rings (SSSR count). The molecule has 2 aliphatic rings. The summed E-state index contributed by atoms with van der Waals surface area (Å²) < 4.78 is 2.22. The molecule has 1 aromatic rings. The molecule has 1 saturated heterocycles. The molecule has 88 valence electrons. The zero-order chi connectivity index (χ0) is 10.8. The van der Waals surface area contributed by atoms with Gasteiger partial charge in [-0.3, -0.25) is 4.68 Å². The smallest absolute Gasteiger partial charge is 0.0628 e. The molecule has 0 bridgehead atoms. The first kappa shape index (κ1) is 10.3. The van der Waals surface area contributed by atoms with Crippen LogP contribution >= 0.6 is 0 Å². The van der Waals surface area contributed by atoms with Gasteiger partial charge in [0.05, 0.1) is 11.7 Å². The van der Waals surface area contributed by atoms with Gasteiger partial charge in [0.15, 0.2) is 0 Å². The highest BCUT2D eigenvalue weighted by molar-refractivity contribution is 5.03. The van der Waals surface area contributed by atoms with Crippen molar-refractivity contribution >= 4 is 0 Å². The van der Waals surface area contributed by atoms with Gasteiger partial charge in [-0.05, 0) is 44.3 Å². The van der Waals surface area contributed by atoms with Crippen LogP contribution in [-0.4, -0.2) is 22.9 Å². The van der Waals surface area contributed by atoms with Gasteiger partial charge in [0.1, 0.15) is 0 Å². The maximum Gasteiger partial charge on any atom is 0.0628 e. The van der Waals surface area contributed by atoms with Crippen molar-refractivity contribution in [2.24, 2.45) is 5.92 Å². The molecular formula is C13H21N3. The highest BCUT2D eigenvalue weighted by Gasteiger charge is 2.20. The van der Waals surface area contributed by atoms with Crippen LogP contribution in [0, 0.1) is 5.92 Å². The van der Waals surface area contributed by atoms with Crippen LogP contribution in [0.5, 0.6) is 0 Å². The lowest BCUT2D eigenvalue weighted by molar-refractivity contribution is 0.320. The molecule has 2 fully saturated rings. The molecule has 16 heavy (non-hydrogen) atoms. The Kier molecular flexibility index (Phi) is 2.96. The SMILES string of the molecule is c1cn(C2CCCCC2)nc1CC1CNC1. The average Bonchev–Trinajstić information content (AvgIpc) is 2.73. The lowest BCUT2D eigenvalue weighted by Crippen LogP contribution is -2.43. The molecule has 3 heteroatoms. The van der Waals surface area contributed by atoms with Gasteiger partial charge in [-0.15, -0.1) is 0 Å². The summed E-state index contributed by atoms with van der Waals surface area (Å²) in [6.45, 7) is 2.35. The fraction of sp³-hybridized carbons (Fsp3) is 0.769. The van der Waals surface area contributed by atoms with E-state index in [4.69, 9.17) is 5.10 Å². The monoisotopic (exact) mass is 219 g/mol. The summed E-state index contributed by atoms with van der Waals surface area (Å²) in [5.74, 6) is 0.828. The van der Waals surface area contributed by atoms with E-state index in [0.29, 0.717) is 6.04 Å². The van der Waals surface area contributed by atoms with Gasteiger partial charge in [0.2, 0.25) is 0 Å². The van der Waals surface area contributed by atoms with Crippen LogP contribution in [0.4, 0.5) is 0 Å². The van der Waals surface area contributed by atoms with Crippen molar-refractivity contribution in [3.8, 4) is 0 Å². The van der Waals surface area contributed by atoms with Crippen molar-refractivity contribution in [1.29, 1.82) is 0 Å². The molecule has 0 aromatic carbocycles. The van der Waals surface area contributed by atoms with E-state index in [1.54, 1.807) is 0 Å². The fourth-order valence-corrected chi connectivity index (χ4v) is 2.82. The molecule has 0 atom stereocenters. The lowest BCUT2D eigenvalue weighted by atomic mass is 9.96. The molecular weight excluding hydrogens is 198 g/mol. The summed E-state index contributed by atoms with van der Waals surface area (Å²) in [5.41, 5.74) is 1.29. The zero-order valence-corrected chi connectivity index (χ0v) is 9.86. The minimum Gasteiger partial charge on any atom is -0.316 e. The molecule has 0 amide bonds. The number of nitrogens with zero attached hydrogens (tertiary/aromatic N) is 2. The summed E-state index contributed by atoms with van der Waals surface area (Å²) >= 11 is 0. The lowest BCUT2D eigenvalue weighted by Gasteiger charge is -2.26. The van der Waals surface area contributed by atoms with Crippen LogP contribution in [0.1, 0.15) is 43.8 Å². The molecule has 1 saturated carbocycles. The standard InChI is InChI=1S/C13H21N3/c1-2-4-13(5-3-1)16-7-6-12(15-16)8-11-9-14-10-11/h6-7,11,13-14H,1-5,8-10H2. The second-order valence-electron chi connectivity index (χ2n) is 5.31. The third kappa shape index (κ3) is 2.14. The Bertz CT molecular complexity index is 335. The van der Waals surface area contributed by atoms with Crippen LogP contribution in [0.25, 0.3) is 0 Å². The summed E-state index contributed by atoms with van der Waals surface area (Å²) in [7, 11) is 0. The van der Waals surface area contributed by atoms with E-state index in [2.05, 4.69) is 22.3 Å². The van der Waals surface area contributed by atoms with Crippen molar-refractivity contribution in [2.45, 2.75) is 44.6 Å². The second kappa shape index (κ2) is 4.58. The quantitative estimate of drug-likeness (QED) is 0.844. The second-order valence-corrected chi connectivity index (χ2v) is 5.31. The van der Waals surface area contributed by atoms with Crippen molar-refractivity contribution in [2.75, 3.05) is 13.1 Å². The maximum atomic E-state index is 4.74. The molecule has 1 aliphatic heterocycles. The highest BCUT2D eigenvalue weighted by Crippen LogP contribution is 2.27. The van der Waals surface area contributed by atoms with E-state index in [-0.39, 0.29) is 0 Å². The van der Waals surface area contributed by atoms with Crippen molar-refractivity contribution < 1.29 is 0 Å². The van der Waals surface area contributed by atoms with Crippen LogP contribution in [0.15, 0.2) is 12.3 Å². The maximum absolute atomic E-state index is 4.74. The van der Waals surface area contributed by atoms with Gasteiger partial charge in [-0.2, -0.15) is 5.10 Å². The first-order chi connectivity index (χ1) is 7.92. The van der Waals surface area contributed by atoms with Crippen molar-refractivity contribution in [3.63, 3.8) is 0 Å². The minimum atomic E-state index is 0.682. The molecule has 3 nitrogen and oxygen atoms in total. The Morgan fingerprint density at radius 3 is 2.75 bits per heavy atom. The Morgan fingerprint density at radius 1 is 1.25 bits per heavy atom. The van der Waals surface area contributed by atoms with E-state index in [0.717, 1.165) is 12.3 Å². The molecule has 0 spiro atoms. The van der Waals surface area contributed by atoms with E-state index >= 15 is 0 Å². The summed E-state index contributed by atoms with van der Waals surface area (Å²) in [4.78, 5) is 0. The van der Waals surface area contributed by atoms with E-state index in [1.807, 2.05) is 0 Å². The first-order valence-corrected chi connectivity index (χ1v) is 6.66. The van der Waals surface area contributed by atoms with Crippen LogP contribution in [0.3, 0.4) is 0 Å². The van der Waals surface area contributed by atoms with Crippen molar-refractivity contribution in [3.05, 3.63) is 18.0 Å². The molecule has 0 unspecified atom stereocenters. The van der Waals surface area contributed by atoms with Crippen LogP contribution in [-0.2, 0) is 6.42 Å². The third-order valence-corrected chi connectivity index (χ3v) is 3.98. The van der Waals surface area contributed by atoms with Crippen LogP contribution < -0.4 is 5.32 Å². The fourth-order valence-electron chi connectivity index (χ4n) is 2.82. The zero-order valence-electron chi connectivity index (χ0n) is 9.86. The number of aromatic nitrogens is 2. The van der Waals surface area contributed by atoms with E-state index in [9.17, 15) is 0 Å².